The van der Waals surface area contributed by atoms with Crippen LogP contribution in [0.1, 0.15) is 17.8 Å². The van der Waals surface area contributed by atoms with Crippen LogP contribution in [0, 0.1) is 0 Å². The smallest absolute Gasteiger partial charge is 0.261 e. The first-order valence-corrected chi connectivity index (χ1v) is 8.04. The standard InChI is InChI=1S/C19H18N2O3/c1-23-14-5-2-4-13(10-14)12-24-15-7-8-17-16(11-15)19(22)21-9-3-6-18(21)20-17/h2,4-5,7-8,10-11H,3,6,9,12H2,1H3. The number of benzene rings is 2. The van der Waals surface area contributed by atoms with Gasteiger partial charge in [0.1, 0.15) is 23.9 Å². The monoisotopic (exact) mass is 322 g/mol. The van der Waals surface area contributed by atoms with Crippen molar-refractivity contribution in [1.82, 2.24) is 9.55 Å². The van der Waals surface area contributed by atoms with Gasteiger partial charge in [-0.2, -0.15) is 0 Å². The molecule has 0 radical (unpaired) electrons. The number of aromatic nitrogens is 2. The van der Waals surface area contributed by atoms with Crippen molar-refractivity contribution in [3.8, 4) is 11.5 Å². The van der Waals surface area contributed by atoms with E-state index in [0.717, 1.165) is 42.0 Å². The zero-order valence-corrected chi connectivity index (χ0v) is 13.5. The highest BCUT2D eigenvalue weighted by Gasteiger charge is 2.16. The third kappa shape index (κ3) is 2.62. The number of hydrogen-bond acceptors (Lipinski definition) is 4. The van der Waals surface area contributed by atoms with E-state index in [1.807, 2.05) is 36.4 Å². The first-order chi connectivity index (χ1) is 11.7. The van der Waals surface area contributed by atoms with Gasteiger partial charge in [-0.3, -0.25) is 9.36 Å². The molecule has 0 bridgehead atoms. The Morgan fingerprint density at radius 2 is 2.08 bits per heavy atom. The molecular formula is C19H18N2O3. The largest absolute Gasteiger partial charge is 0.497 e. The van der Waals surface area contributed by atoms with E-state index in [9.17, 15) is 4.79 Å². The normalized spacial score (nSPS) is 13.0. The molecular weight excluding hydrogens is 304 g/mol. The van der Waals surface area contributed by atoms with Crippen LogP contribution in [0.3, 0.4) is 0 Å². The summed E-state index contributed by atoms with van der Waals surface area (Å²) in [5.74, 6) is 2.35. The lowest BCUT2D eigenvalue weighted by Crippen LogP contribution is -2.20. The second kappa shape index (κ2) is 6.00. The minimum atomic E-state index is 0.0272. The molecule has 24 heavy (non-hydrogen) atoms. The first-order valence-electron chi connectivity index (χ1n) is 8.04. The summed E-state index contributed by atoms with van der Waals surface area (Å²) < 4.78 is 12.8. The molecule has 2 heterocycles. The van der Waals surface area contributed by atoms with E-state index >= 15 is 0 Å². The molecule has 0 N–H and O–H groups in total. The Hall–Kier alpha value is -2.82. The topological polar surface area (TPSA) is 53.4 Å². The highest BCUT2D eigenvalue weighted by Crippen LogP contribution is 2.21. The van der Waals surface area contributed by atoms with Crippen molar-refractivity contribution in [3.05, 3.63) is 64.2 Å². The molecule has 1 aliphatic rings. The molecule has 3 aromatic rings. The fraction of sp³-hybridized carbons (Fsp3) is 0.263. The van der Waals surface area contributed by atoms with Gasteiger partial charge in [0, 0.05) is 13.0 Å². The van der Waals surface area contributed by atoms with Crippen LogP contribution in [-0.4, -0.2) is 16.7 Å². The molecule has 122 valence electrons. The number of ether oxygens (including phenoxy) is 2. The summed E-state index contributed by atoms with van der Waals surface area (Å²) in [6, 6.07) is 13.2. The van der Waals surface area contributed by atoms with Crippen molar-refractivity contribution in [1.29, 1.82) is 0 Å². The van der Waals surface area contributed by atoms with Crippen molar-refractivity contribution in [2.24, 2.45) is 0 Å². The van der Waals surface area contributed by atoms with Gasteiger partial charge in [0.25, 0.3) is 5.56 Å². The Morgan fingerprint density at radius 1 is 1.17 bits per heavy atom. The van der Waals surface area contributed by atoms with Crippen LogP contribution in [0.25, 0.3) is 10.9 Å². The SMILES string of the molecule is COc1cccc(COc2ccc3nc4n(c(=O)c3c2)CCC4)c1. The van der Waals surface area contributed by atoms with Gasteiger partial charge in [-0.1, -0.05) is 12.1 Å². The summed E-state index contributed by atoms with van der Waals surface area (Å²) in [5.41, 5.74) is 1.78. The maximum absolute atomic E-state index is 12.6. The molecule has 0 saturated carbocycles. The fourth-order valence-corrected chi connectivity index (χ4v) is 3.08. The molecule has 5 heteroatoms. The minimum Gasteiger partial charge on any atom is -0.497 e. The molecule has 0 spiro atoms. The van der Waals surface area contributed by atoms with Gasteiger partial charge in [0.15, 0.2) is 0 Å². The fourth-order valence-electron chi connectivity index (χ4n) is 3.08. The third-order valence-electron chi connectivity index (χ3n) is 4.33. The lowest BCUT2D eigenvalue weighted by Gasteiger charge is -2.09. The average molecular weight is 322 g/mol. The summed E-state index contributed by atoms with van der Waals surface area (Å²) in [6.45, 7) is 1.18. The summed E-state index contributed by atoms with van der Waals surface area (Å²) in [4.78, 5) is 17.2. The number of fused-ring (bicyclic) bond motifs is 2. The molecule has 0 aliphatic carbocycles. The molecule has 0 amide bonds. The van der Waals surface area contributed by atoms with Gasteiger partial charge in [0.05, 0.1) is 18.0 Å². The molecule has 5 nitrogen and oxygen atoms in total. The Kier molecular flexibility index (Phi) is 3.69. The predicted octanol–water partition coefficient (Wildman–Crippen LogP) is 2.93. The molecule has 1 aromatic heterocycles. The first kappa shape index (κ1) is 14.8. The summed E-state index contributed by atoms with van der Waals surface area (Å²) in [5, 5.41) is 0.615. The Morgan fingerprint density at radius 3 is 2.96 bits per heavy atom. The minimum absolute atomic E-state index is 0.0272. The van der Waals surface area contributed by atoms with Crippen molar-refractivity contribution in [2.75, 3.05) is 7.11 Å². The Bertz CT molecular complexity index is 962. The van der Waals surface area contributed by atoms with E-state index in [1.54, 1.807) is 17.7 Å². The molecule has 1 aliphatic heterocycles. The zero-order chi connectivity index (χ0) is 16.5. The zero-order valence-electron chi connectivity index (χ0n) is 13.5. The van der Waals surface area contributed by atoms with E-state index in [2.05, 4.69) is 4.98 Å². The van der Waals surface area contributed by atoms with E-state index in [4.69, 9.17) is 9.47 Å². The molecule has 0 unspecified atom stereocenters. The van der Waals surface area contributed by atoms with Crippen LogP contribution in [0.5, 0.6) is 11.5 Å². The van der Waals surface area contributed by atoms with Crippen LogP contribution in [0.15, 0.2) is 47.3 Å². The lowest BCUT2D eigenvalue weighted by atomic mass is 10.2. The summed E-state index contributed by atoms with van der Waals surface area (Å²) in [6.07, 6.45) is 1.86. The van der Waals surface area contributed by atoms with Gasteiger partial charge < -0.3 is 9.47 Å². The summed E-state index contributed by atoms with van der Waals surface area (Å²) >= 11 is 0. The molecule has 0 saturated heterocycles. The van der Waals surface area contributed by atoms with Crippen LogP contribution >= 0.6 is 0 Å². The van der Waals surface area contributed by atoms with Gasteiger partial charge in [-0.05, 0) is 42.3 Å². The van der Waals surface area contributed by atoms with Crippen LogP contribution in [0.4, 0.5) is 0 Å². The molecule has 2 aromatic carbocycles. The van der Waals surface area contributed by atoms with Crippen molar-refractivity contribution in [2.45, 2.75) is 26.0 Å². The molecule has 4 rings (SSSR count). The van der Waals surface area contributed by atoms with Gasteiger partial charge >= 0.3 is 0 Å². The number of hydrogen-bond donors (Lipinski definition) is 0. The van der Waals surface area contributed by atoms with Gasteiger partial charge in [-0.25, -0.2) is 4.98 Å². The van der Waals surface area contributed by atoms with Crippen molar-refractivity contribution in [3.63, 3.8) is 0 Å². The van der Waals surface area contributed by atoms with E-state index in [0.29, 0.717) is 17.7 Å². The molecule has 0 atom stereocenters. The van der Waals surface area contributed by atoms with Crippen LogP contribution < -0.4 is 15.0 Å². The highest BCUT2D eigenvalue weighted by molar-refractivity contribution is 5.79. The molecule has 0 fully saturated rings. The maximum Gasteiger partial charge on any atom is 0.261 e. The van der Waals surface area contributed by atoms with Crippen LogP contribution in [-0.2, 0) is 19.6 Å². The van der Waals surface area contributed by atoms with E-state index < -0.39 is 0 Å². The highest BCUT2D eigenvalue weighted by atomic mass is 16.5. The lowest BCUT2D eigenvalue weighted by molar-refractivity contribution is 0.305. The van der Waals surface area contributed by atoms with Crippen molar-refractivity contribution < 1.29 is 9.47 Å². The second-order valence-electron chi connectivity index (χ2n) is 5.91. The van der Waals surface area contributed by atoms with Gasteiger partial charge in [-0.15, -0.1) is 0 Å². The number of rotatable bonds is 4. The Balaban J connectivity index is 1.62. The van der Waals surface area contributed by atoms with Gasteiger partial charge in [0.2, 0.25) is 0 Å². The van der Waals surface area contributed by atoms with E-state index in [-0.39, 0.29) is 5.56 Å². The number of nitrogens with zero attached hydrogens (tertiary/aromatic N) is 2. The summed E-state index contributed by atoms with van der Waals surface area (Å²) in [7, 11) is 1.64. The van der Waals surface area contributed by atoms with E-state index in [1.165, 1.54) is 0 Å². The number of aryl methyl sites for hydroxylation is 1. The van der Waals surface area contributed by atoms with Crippen LogP contribution in [0.2, 0.25) is 0 Å². The van der Waals surface area contributed by atoms with Crippen molar-refractivity contribution >= 4 is 10.9 Å². The quantitative estimate of drug-likeness (QED) is 0.741. The predicted molar refractivity (Wildman–Crippen MR) is 91.7 cm³/mol. The number of methoxy groups -OCH3 is 1. The average Bonchev–Trinajstić information content (AvgIpc) is 3.09. The Labute approximate surface area is 139 Å². The third-order valence-corrected chi connectivity index (χ3v) is 4.33. The second-order valence-corrected chi connectivity index (χ2v) is 5.91. The maximum atomic E-state index is 12.6.